The number of carbonyl (C=O) groups excluding carboxylic acids is 1. The number of hydrogen-bond acceptors (Lipinski definition) is 7. The summed E-state index contributed by atoms with van der Waals surface area (Å²) in [5.74, 6) is 0.804. The van der Waals surface area contributed by atoms with Gasteiger partial charge in [-0.05, 0) is 36.2 Å². The van der Waals surface area contributed by atoms with Crippen molar-refractivity contribution < 1.29 is 23.4 Å². The largest absolute Gasteiger partial charge is 0.497 e. The van der Waals surface area contributed by atoms with Crippen LogP contribution in [0.5, 0.6) is 11.5 Å². The molecule has 1 aliphatic heterocycles. The Morgan fingerprint density at radius 1 is 1.23 bits per heavy atom. The first-order valence-corrected chi connectivity index (χ1v) is 10.1. The summed E-state index contributed by atoms with van der Waals surface area (Å²) in [6.45, 7) is 3.27. The van der Waals surface area contributed by atoms with E-state index in [0.717, 1.165) is 11.3 Å². The second-order valence-corrected chi connectivity index (χ2v) is 7.80. The molecular weight excluding hydrogens is 422 g/mol. The minimum absolute atomic E-state index is 0.157. The highest BCUT2D eigenvalue weighted by Crippen LogP contribution is 2.40. The lowest BCUT2D eigenvalue weighted by Gasteiger charge is -2.30. The average molecular weight is 444 g/mol. The van der Waals surface area contributed by atoms with Crippen LogP contribution in [0.25, 0.3) is 11.0 Å². The van der Waals surface area contributed by atoms with Crippen molar-refractivity contribution in [3.05, 3.63) is 68.0 Å². The van der Waals surface area contributed by atoms with Crippen LogP contribution in [0.15, 0.2) is 39.5 Å². The van der Waals surface area contributed by atoms with Crippen molar-refractivity contribution in [2.75, 3.05) is 21.0 Å². The topological polar surface area (TPSA) is 78.2 Å². The summed E-state index contributed by atoms with van der Waals surface area (Å²) in [5, 5.41) is 1.12. The summed E-state index contributed by atoms with van der Waals surface area (Å²) in [4.78, 5) is 26.4. The standard InChI is InChI=1S/C23H22ClNO6/c1-13-16-8-19(24)22-18(21(16)31-23(27)17(13)9-20(26)29-3)11-25(12-30-22)10-14-4-6-15(28-2)7-5-14/h4-8H,9-12H2,1-3H3. The van der Waals surface area contributed by atoms with Crippen LogP contribution in [0.1, 0.15) is 22.3 Å². The Bertz CT molecular complexity index is 1200. The molecule has 8 heteroatoms. The maximum Gasteiger partial charge on any atom is 0.340 e. The number of carbonyl (C=O) groups is 1. The van der Waals surface area contributed by atoms with Crippen LogP contribution in [0.2, 0.25) is 5.02 Å². The number of halogens is 1. The van der Waals surface area contributed by atoms with Crippen molar-refractivity contribution in [1.82, 2.24) is 4.90 Å². The molecule has 162 valence electrons. The second kappa shape index (κ2) is 8.61. The predicted octanol–water partition coefficient (Wildman–Crippen LogP) is 3.83. The predicted molar refractivity (Wildman–Crippen MR) is 116 cm³/mol. The quantitative estimate of drug-likeness (QED) is 0.438. The zero-order chi connectivity index (χ0) is 22.1. The monoisotopic (exact) mass is 443 g/mol. The molecule has 0 radical (unpaired) electrons. The van der Waals surface area contributed by atoms with Gasteiger partial charge in [-0.1, -0.05) is 23.7 Å². The van der Waals surface area contributed by atoms with Gasteiger partial charge in [0.1, 0.15) is 23.8 Å². The molecular formula is C23H22ClNO6. The van der Waals surface area contributed by atoms with Gasteiger partial charge in [-0.15, -0.1) is 0 Å². The van der Waals surface area contributed by atoms with Gasteiger partial charge in [0, 0.05) is 18.5 Å². The Labute approximate surface area is 184 Å². The van der Waals surface area contributed by atoms with E-state index in [4.69, 9.17) is 30.2 Å². The molecule has 0 saturated carbocycles. The summed E-state index contributed by atoms with van der Waals surface area (Å²) in [7, 11) is 2.91. The molecule has 0 atom stereocenters. The first-order chi connectivity index (χ1) is 14.9. The highest BCUT2D eigenvalue weighted by Gasteiger charge is 2.26. The van der Waals surface area contributed by atoms with E-state index in [1.165, 1.54) is 7.11 Å². The van der Waals surface area contributed by atoms with Crippen LogP contribution in [0.3, 0.4) is 0 Å². The van der Waals surface area contributed by atoms with Crippen LogP contribution in [-0.4, -0.2) is 31.8 Å². The van der Waals surface area contributed by atoms with E-state index in [9.17, 15) is 9.59 Å². The van der Waals surface area contributed by atoms with E-state index < -0.39 is 11.6 Å². The van der Waals surface area contributed by atoms with Crippen LogP contribution in [0, 0.1) is 6.92 Å². The third kappa shape index (κ3) is 4.11. The number of ether oxygens (including phenoxy) is 3. The van der Waals surface area contributed by atoms with Crippen molar-refractivity contribution in [3.8, 4) is 11.5 Å². The van der Waals surface area contributed by atoms with Crippen molar-refractivity contribution in [2.24, 2.45) is 0 Å². The first-order valence-electron chi connectivity index (χ1n) is 9.73. The normalized spacial score (nSPS) is 13.5. The minimum Gasteiger partial charge on any atom is -0.497 e. The second-order valence-electron chi connectivity index (χ2n) is 7.40. The van der Waals surface area contributed by atoms with E-state index in [0.29, 0.717) is 52.7 Å². The third-order valence-electron chi connectivity index (χ3n) is 5.47. The summed E-state index contributed by atoms with van der Waals surface area (Å²) < 4.78 is 21.5. The Hall–Kier alpha value is -3.03. The molecule has 1 aliphatic rings. The molecule has 4 rings (SSSR count). The number of methoxy groups -OCH3 is 2. The Kier molecular flexibility index (Phi) is 5.89. The Morgan fingerprint density at radius 3 is 2.65 bits per heavy atom. The van der Waals surface area contributed by atoms with E-state index >= 15 is 0 Å². The number of benzene rings is 2. The van der Waals surface area contributed by atoms with Crippen LogP contribution in [0.4, 0.5) is 0 Å². The molecule has 0 bridgehead atoms. The number of esters is 1. The van der Waals surface area contributed by atoms with E-state index in [1.807, 2.05) is 24.3 Å². The van der Waals surface area contributed by atoms with Gasteiger partial charge < -0.3 is 18.6 Å². The highest BCUT2D eigenvalue weighted by molar-refractivity contribution is 6.33. The lowest BCUT2D eigenvalue weighted by molar-refractivity contribution is -0.139. The molecule has 0 aliphatic carbocycles. The van der Waals surface area contributed by atoms with Gasteiger partial charge in [-0.3, -0.25) is 9.69 Å². The number of hydrogen-bond donors (Lipinski definition) is 0. The molecule has 2 aromatic carbocycles. The molecule has 0 spiro atoms. The number of fused-ring (bicyclic) bond motifs is 3. The van der Waals surface area contributed by atoms with Gasteiger partial charge in [-0.25, -0.2) is 4.79 Å². The number of aryl methyl sites for hydroxylation is 1. The van der Waals surface area contributed by atoms with E-state index in [2.05, 4.69) is 4.90 Å². The SMILES string of the molecule is COC(=O)Cc1c(C)c2cc(Cl)c3c(c2oc1=O)CN(Cc1ccc(OC)cc1)CO3. The molecule has 31 heavy (non-hydrogen) atoms. The zero-order valence-electron chi connectivity index (χ0n) is 17.5. The third-order valence-corrected chi connectivity index (χ3v) is 5.75. The van der Waals surface area contributed by atoms with Gasteiger partial charge in [0.15, 0.2) is 0 Å². The van der Waals surface area contributed by atoms with Gasteiger partial charge in [-0.2, -0.15) is 0 Å². The van der Waals surface area contributed by atoms with Gasteiger partial charge >= 0.3 is 11.6 Å². The maximum absolute atomic E-state index is 12.6. The number of rotatable bonds is 5. The maximum atomic E-state index is 12.6. The molecule has 0 saturated heterocycles. The fourth-order valence-electron chi connectivity index (χ4n) is 3.77. The van der Waals surface area contributed by atoms with Crippen molar-refractivity contribution in [3.63, 3.8) is 0 Å². The molecule has 0 unspecified atom stereocenters. The van der Waals surface area contributed by atoms with Crippen molar-refractivity contribution >= 4 is 28.5 Å². The van der Waals surface area contributed by atoms with E-state index in [-0.39, 0.29) is 12.0 Å². The summed E-state index contributed by atoms with van der Waals surface area (Å²) in [6, 6.07) is 9.52. The highest BCUT2D eigenvalue weighted by atomic mass is 35.5. The smallest absolute Gasteiger partial charge is 0.340 e. The van der Waals surface area contributed by atoms with Crippen LogP contribution in [-0.2, 0) is 29.0 Å². The van der Waals surface area contributed by atoms with Crippen molar-refractivity contribution in [2.45, 2.75) is 26.4 Å². The first kappa shape index (κ1) is 21.2. The summed E-state index contributed by atoms with van der Waals surface area (Å²) in [6.07, 6.45) is -0.157. The lowest BCUT2D eigenvalue weighted by atomic mass is 10.00. The minimum atomic E-state index is -0.563. The molecule has 0 fully saturated rings. The lowest BCUT2D eigenvalue weighted by Crippen LogP contribution is -2.32. The summed E-state index contributed by atoms with van der Waals surface area (Å²) >= 11 is 6.49. The Balaban J connectivity index is 1.71. The zero-order valence-corrected chi connectivity index (χ0v) is 18.2. The van der Waals surface area contributed by atoms with Crippen LogP contribution < -0.4 is 15.1 Å². The fourth-order valence-corrected chi connectivity index (χ4v) is 4.05. The molecule has 3 aromatic rings. The number of nitrogens with zero attached hydrogens (tertiary/aromatic N) is 1. The molecule has 0 amide bonds. The summed E-state index contributed by atoms with van der Waals surface area (Å²) in [5.41, 5.74) is 2.59. The average Bonchev–Trinajstić information content (AvgIpc) is 2.78. The van der Waals surface area contributed by atoms with E-state index in [1.54, 1.807) is 20.1 Å². The molecule has 2 heterocycles. The molecule has 0 N–H and O–H groups in total. The molecule has 7 nitrogen and oxygen atoms in total. The van der Waals surface area contributed by atoms with Gasteiger partial charge in [0.05, 0.1) is 36.8 Å². The van der Waals surface area contributed by atoms with Crippen molar-refractivity contribution in [1.29, 1.82) is 0 Å². The van der Waals surface area contributed by atoms with Crippen LogP contribution >= 0.6 is 11.6 Å². The van der Waals surface area contributed by atoms with Gasteiger partial charge in [0.25, 0.3) is 0 Å². The molecule has 1 aromatic heterocycles. The van der Waals surface area contributed by atoms with Gasteiger partial charge in [0.2, 0.25) is 0 Å². The fraction of sp³-hybridized carbons (Fsp3) is 0.304. The Morgan fingerprint density at radius 2 is 1.97 bits per heavy atom.